The number of nitrogens with zero attached hydrogens (tertiary/aromatic N) is 2. The van der Waals surface area contributed by atoms with Crippen LogP contribution in [0.5, 0.6) is 0 Å². The second kappa shape index (κ2) is 3.92. The van der Waals surface area contributed by atoms with Gasteiger partial charge in [0.2, 0.25) is 0 Å². The van der Waals surface area contributed by atoms with Gasteiger partial charge in [0.25, 0.3) is 0 Å². The van der Waals surface area contributed by atoms with Gasteiger partial charge in [-0.15, -0.1) is 0 Å². The van der Waals surface area contributed by atoms with Crippen molar-refractivity contribution in [3.8, 4) is 0 Å². The Morgan fingerprint density at radius 1 is 1.64 bits per heavy atom. The molecule has 0 aliphatic carbocycles. The molecule has 1 aliphatic heterocycles. The average Bonchev–Trinajstić information content (AvgIpc) is 2.64. The average molecular weight is 193 g/mol. The summed E-state index contributed by atoms with van der Waals surface area (Å²) in [6.45, 7) is 3.62. The lowest BCUT2D eigenvalue weighted by atomic mass is 10.0. The molecule has 4 heteroatoms. The molecule has 76 valence electrons. The van der Waals surface area contributed by atoms with Crippen molar-refractivity contribution in [2.45, 2.75) is 19.8 Å². The van der Waals surface area contributed by atoms with Gasteiger partial charge in [-0.1, -0.05) is 0 Å². The minimum absolute atomic E-state index is 0.582. The summed E-state index contributed by atoms with van der Waals surface area (Å²) in [5.41, 5.74) is 7.18. The number of hydrogen-bond acceptors (Lipinski definition) is 4. The number of anilines is 1. The molecule has 2 rings (SSSR count). The van der Waals surface area contributed by atoms with Crippen LogP contribution in [0.1, 0.15) is 17.9 Å². The zero-order valence-corrected chi connectivity index (χ0v) is 8.36. The normalized spacial score (nSPS) is 21.4. The van der Waals surface area contributed by atoms with Gasteiger partial charge in [-0.25, -0.2) is 9.97 Å². The molecule has 1 fully saturated rings. The maximum absolute atomic E-state index is 5.65. The smallest absolute Gasteiger partial charge is 0.129 e. The summed E-state index contributed by atoms with van der Waals surface area (Å²) >= 11 is 0. The molecular formula is C10H15N3O. The van der Waals surface area contributed by atoms with Gasteiger partial charge >= 0.3 is 0 Å². The molecule has 4 nitrogen and oxygen atoms in total. The first-order valence-electron chi connectivity index (χ1n) is 4.91. The van der Waals surface area contributed by atoms with Gasteiger partial charge in [0.15, 0.2) is 0 Å². The van der Waals surface area contributed by atoms with E-state index in [0.29, 0.717) is 11.6 Å². The lowest BCUT2D eigenvalue weighted by molar-refractivity contribution is 0.185. The summed E-state index contributed by atoms with van der Waals surface area (Å²) in [6.07, 6.45) is 3.71. The Balaban J connectivity index is 2.05. The van der Waals surface area contributed by atoms with Crippen molar-refractivity contribution >= 4 is 5.69 Å². The Bertz CT molecular complexity index is 321. The van der Waals surface area contributed by atoms with E-state index in [1.165, 1.54) is 0 Å². The number of ether oxygens (including phenoxy) is 1. The van der Waals surface area contributed by atoms with E-state index < -0.39 is 0 Å². The first-order valence-corrected chi connectivity index (χ1v) is 4.91. The first kappa shape index (κ1) is 9.40. The van der Waals surface area contributed by atoms with Gasteiger partial charge in [0.05, 0.1) is 17.6 Å². The van der Waals surface area contributed by atoms with Gasteiger partial charge in [-0.3, -0.25) is 0 Å². The summed E-state index contributed by atoms with van der Waals surface area (Å²) in [6, 6.07) is 0. The molecule has 2 N–H and O–H groups in total. The van der Waals surface area contributed by atoms with Crippen LogP contribution in [0.4, 0.5) is 5.69 Å². The van der Waals surface area contributed by atoms with E-state index in [4.69, 9.17) is 10.5 Å². The fourth-order valence-electron chi connectivity index (χ4n) is 1.63. The Labute approximate surface area is 83.5 Å². The van der Waals surface area contributed by atoms with Crippen LogP contribution >= 0.6 is 0 Å². The summed E-state index contributed by atoms with van der Waals surface area (Å²) in [4.78, 5) is 8.56. The number of hydrogen-bond donors (Lipinski definition) is 1. The van der Waals surface area contributed by atoms with Crippen LogP contribution < -0.4 is 5.73 Å². The van der Waals surface area contributed by atoms with E-state index in [1.54, 1.807) is 6.20 Å². The number of aryl methyl sites for hydroxylation is 1. The summed E-state index contributed by atoms with van der Waals surface area (Å²) in [7, 11) is 0. The van der Waals surface area contributed by atoms with Gasteiger partial charge in [0.1, 0.15) is 5.82 Å². The van der Waals surface area contributed by atoms with E-state index in [0.717, 1.165) is 37.6 Å². The van der Waals surface area contributed by atoms with Crippen LogP contribution in [0.25, 0.3) is 0 Å². The van der Waals surface area contributed by atoms with Crippen LogP contribution in [0.3, 0.4) is 0 Å². The van der Waals surface area contributed by atoms with Crippen molar-refractivity contribution in [3.63, 3.8) is 0 Å². The molecule has 0 aromatic carbocycles. The molecule has 1 aromatic rings. The summed E-state index contributed by atoms with van der Waals surface area (Å²) in [5, 5.41) is 0. The van der Waals surface area contributed by atoms with Gasteiger partial charge in [-0.2, -0.15) is 0 Å². The highest BCUT2D eigenvalue weighted by Crippen LogP contribution is 2.17. The minimum Gasteiger partial charge on any atom is -0.396 e. The van der Waals surface area contributed by atoms with Crippen molar-refractivity contribution < 1.29 is 4.74 Å². The van der Waals surface area contributed by atoms with Gasteiger partial charge in [-0.05, 0) is 19.3 Å². The Hall–Kier alpha value is -1.16. The highest BCUT2D eigenvalue weighted by atomic mass is 16.5. The quantitative estimate of drug-likeness (QED) is 0.759. The molecule has 0 saturated carbocycles. The van der Waals surface area contributed by atoms with Crippen molar-refractivity contribution in [2.75, 3.05) is 18.9 Å². The van der Waals surface area contributed by atoms with Gasteiger partial charge < -0.3 is 10.5 Å². The Morgan fingerprint density at radius 2 is 2.50 bits per heavy atom. The van der Waals surface area contributed by atoms with Crippen LogP contribution in [0.15, 0.2) is 6.20 Å². The highest BCUT2D eigenvalue weighted by molar-refractivity contribution is 5.38. The third kappa shape index (κ3) is 2.01. The number of nitrogen functional groups attached to an aromatic ring is 1. The maximum atomic E-state index is 5.65. The third-order valence-electron chi connectivity index (χ3n) is 2.56. The van der Waals surface area contributed by atoms with Crippen LogP contribution in [-0.2, 0) is 11.2 Å². The Kier molecular flexibility index (Phi) is 2.63. The van der Waals surface area contributed by atoms with Crippen molar-refractivity contribution in [1.29, 1.82) is 0 Å². The third-order valence-corrected chi connectivity index (χ3v) is 2.56. The molecule has 0 bridgehead atoms. The fourth-order valence-corrected chi connectivity index (χ4v) is 1.63. The first-order chi connectivity index (χ1) is 6.75. The van der Waals surface area contributed by atoms with Crippen LogP contribution in [-0.4, -0.2) is 23.2 Å². The molecule has 1 unspecified atom stereocenters. The van der Waals surface area contributed by atoms with Gasteiger partial charge in [0, 0.05) is 19.6 Å². The molecule has 2 heterocycles. The largest absolute Gasteiger partial charge is 0.396 e. The molecule has 1 aliphatic rings. The van der Waals surface area contributed by atoms with E-state index in [9.17, 15) is 0 Å². The standard InChI is InChI=1S/C10H15N3O/c1-7-9(11)5-12-10(13-7)4-8-2-3-14-6-8/h5,8H,2-4,6,11H2,1H3. The molecular weight excluding hydrogens is 178 g/mol. The van der Waals surface area contributed by atoms with E-state index in [-0.39, 0.29) is 0 Å². The molecule has 1 saturated heterocycles. The fraction of sp³-hybridized carbons (Fsp3) is 0.600. The molecule has 0 spiro atoms. The molecule has 0 radical (unpaired) electrons. The molecule has 1 atom stereocenters. The Morgan fingerprint density at radius 3 is 3.14 bits per heavy atom. The van der Waals surface area contributed by atoms with E-state index in [2.05, 4.69) is 9.97 Å². The van der Waals surface area contributed by atoms with Crippen molar-refractivity contribution in [1.82, 2.24) is 9.97 Å². The van der Waals surface area contributed by atoms with E-state index in [1.807, 2.05) is 6.92 Å². The maximum Gasteiger partial charge on any atom is 0.129 e. The lowest BCUT2D eigenvalue weighted by Crippen LogP contribution is -2.08. The monoisotopic (exact) mass is 193 g/mol. The highest BCUT2D eigenvalue weighted by Gasteiger charge is 2.17. The molecule has 0 amide bonds. The van der Waals surface area contributed by atoms with Crippen molar-refractivity contribution in [3.05, 3.63) is 17.7 Å². The number of aromatic nitrogens is 2. The minimum atomic E-state index is 0.582. The second-order valence-electron chi connectivity index (χ2n) is 3.76. The van der Waals surface area contributed by atoms with Crippen molar-refractivity contribution in [2.24, 2.45) is 5.92 Å². The topological polar surface area (TPSA) is 61.0 Å². The zero-order chi connectivity index (χ0) is 9.97. The molecule has 1 aromatic heterocycles. The predicted molar refractivity (Wildman–Crippen MR) is 53.8 cm³/mol. The number of nitrogens with two attached hydrogens (primary N) is 1. The van der Waals surface area contributed by atoms with Crippen LogP contribution in [0.2, 0.25) is 0 Å². The zero-order valence-electron chi connectivity index (χ0n) is 8.36. The number of rotatable bonds is 2. The summed E-state index contributed by atoms with van der Waals surface area (Å²) < 4.78 is 5.30. The second-order valence-corrected chi connectivity index (χ2v) is 3.76. The lowest BCUT2D eigenvalue weighted by Gasteiger charge is -2.07. The van der Waals surface area contributed by atoms with E-state index >= 15 is 0 Å². The summed E-state index contributed by atoms with van der Waals surface area (Å²) in [5.74, 6) is 1.46. The predicted octanol–water partition coefficient (Wildman–Crippen LogP) is 0.946. The SMILES string of the molecule is Cc1nc(CC2CCOC2)ncc1N. The van der Waals surface area contributed by atoms with Crippen LogP contribution in [0, 0.1) is 12.8 Å². The molecule has 14 heavy (non-hydrogen) atoms.